The number of unbranched alkanes of at least 4 members (excludes halogenated alkanes) is 13. The molecule has 0 spiro atoms. The largest absolute Gasteiger partial charge is 0.466 e. The third-order valence-electron chi connectivity index (χ3n) is 5.63. The zero-order valence-electron chi connectivity index (χ0n) is 20.4. The average Bonchev–Trinajstić information content (AvgIpc) is 2.71. The van der Waals surface area contributed by atoms with Gasteiger partial charge in [0, 0.05) is 13.3 Å². The smallest absolute Gasteiger partial charge is 0.305 e. The van der Waals surface area contributed by atoms with Gasteiger partial charge in [-0.2, -0.15) is 0 Å². The Kier molecular flexibility index (Phi) is 21.8. The predicted molar refractivity (Wildman–Crippen MR) is 126 cm³/mol. The van der Waals surface area contributed by atoms with E-state index in [1.807, 2.05) is 0 Å². The Balaban J connectivity index is 3.49. The van der Waals surface area contributed by atoms with E-state index in [1.165, 1.54) is 71.1 Å². The lowest BCUT2D eigenvalue weighted by atomic mass is 10.0. The van der Waals surface area contributed by atoms with Crippen molar-refractivity contribution in [3.8, 4) is 0 Å². The Labute approximate surface area is 186 Å². The first kappa shape index (κ1) is 28.9. The van der Waals surface area contributed by atoms with Gasteiger partial charge in [-0.05, 0) is 38.5 Å². The van der Waals surface area contributed by atoms with Crippen molar-refractivity contribution in [2.75, 3.05) is 6.61 Å². The predicted octanol–water partition coefficient (Wildman–Crippen LogP) is 7.91. The minimum atomic E-state index is -0.143. The first-order chi connectivity index (χ1) is 14.6. The minimum Gasteiger partial charge on any atom is -0.466 e. The van der Waals surface area contributed by atoms with Gasteiger partial charge in [0.05, 0.1) is 6.61 Å². The highest BCUT2D eigenvalue weighted by Crippen LogP contribution is 2.17. The van der Waals surface area contributed by atoms with Crippen LogP contribution in [0.15, 0.2) is 0 Å². The van der Waals surface area contributed by atoms with Gasteiger partial charge in [0.2, 0.25) is 0 Å². The van der Waals surface area contributed by atoms with Crippen molar-refractivity contribution < 1.29 is 19.1 Å². The summed E-state index contributed by atoms with van der Waals surface area (Å²) in [5, 5.41) is 0. The fourth-order valence-electron chi connectivity index (χ4n) is 3.78. The van der Waals surface area contributed by atoms with Crippen molar-refractivity contribution in [1.29, 1.82) is 0 Å². The van der Waals surface area contributed by atoms with Crippen LogP contribution in [0.25, 0.3) is 0 Å². The molecule has 1 unspecified atom stereocenters. The van der Waals surface area contributed by atoms with Crippen LogP contribution in [0.5, 0.6) is 0 Å². The lowest BCUT2D eigenvalue weighted by Gasteiger charge is -2.17. The minimum absolute atomic E-state index is 0.0245. The topological polar surface area (TPSA) is 52.6 Å². The Bertz CT molecular complexity index is 394. The van der Waals surface area contributed by atoms with Crippen molar-refractivity contribution in [1.82, 2.24) is 0 Å². The van der Waals surface area contributed by atoms with Crippen LogP contribution >= 0.6 is 0 Å². The van der Waals surface area contributed by atoms with Crippen molar-refractivity contribution in [2.45, 2.75) is 149 Å². The van der Waals surface area contributed by atoms with Gasteiger partial charge in [-0.1, -0.05) is 90.9 Å². The average molecular weight is 427 g/mol. The number of ether oxygens (including phenoxy) is 2. The molecule has 0 aliphatic carbocycles. The molecule has 4 heteroatoms. The second-order valence-corrected chi connectivity index (χ2v) is 8.73. The maximum absolute atomic E-state index is 11.6. The summed E-state index contributed by atoms with van der Waals surface area (Å²) >= 11 is 0. The molecule has 178 valence electrons. The summed E-state index contributed by atoms with van der Waals surface area (Å²) in [5.41, 5.74) is 0. The van der Waals surface area contributed by atoms with Crippen molar-refractivity contribution in [2.24, 2.45) is 0 Å². The van der Waals surface area contributed by atoms with Crippen molar-refractivity contribution in [3.63, 3.8) is 0 Å². The second kappa shape index (κ2) is 22.6. The molecule has 0 aromatic rings. The van der Waals surface area contributed by atoms with Crippen LogP contribution in [0.2, 0.25) is 0 Å². The van der Waals surface area contributed by atoms with E-state index in [1.54, 1.807) is 0 Å². The Morgan fingerprint density at radius 2 is 1.10 bits per heavy atom. The van der Waals surface area contributed by atoms with E-state index in [0.29, 0.717) is 13.0 Å². The molecule has 0 aliphatic heterocycles. The van der Waals surface area contributed by atoms with Gasteiger partial charge in [0.25, 0.3) is 0 Å². The SMILES string of the molecule is CCCCCCOC(=O)CCCCCCCCCCC(CCCCCC)OC(C)=O. The molecule has 0 bridgehead atoms. The maximum atomic E-state index is 11.6. The van der Waals surface area contributed by atoms with E-state index in [2.05, 4.69) is 13.8 Å². The van der Waals surface area contributed by atoms with Crippen LogP contribution in [-0.2, 0) is 19.1 Å². The van der Waals surface area contributed by atoms with Crippen LogP contribution < -0.4 is 0 Å². The van der Waals surface area contributed by atoms with Gasteiger partial charge in [0.1, 0.15) is 6.10 Å². The molecule has 1 atom stereocenters. The highest BCUT2D eigenvalue weighted by atomic mass is 16.5. The molecule has 0 radical (unpaired) electrons. The van der Waals surface area contributed by atoms with Gasteiger partial charge in [-0.25, -0.2) is 0 Å². The summed E-state index contributed by atoms with van der Waals surface area (Å²) in [4.78, 5) is 22.9. The van der Waals surface area contributed by atoms with Gasteiger partial charge in [0.15, 0.2) is 0 Å². The zero-order valence-corrected chi connectivity index (χ0v) is 20.4. The summed E-state index contributed by atoms with van der Waals surface area (Å²) < 4.78 is 10.8. The molecule has 0 saturated carbocycles. The van der Waals surface area contributed by atoms with E-state index in [0.717, 1.165) is 51.4 Å². The molecule has 0 rings (SSSR count). The zero-order chi connectivity index (χ0) is 22.3. The Hall–Kier alpha value is -1.06. The molecular weight excluding hydrogens is 376 g/mol. The highest BCUT2D eigenvalue weighted by Gasteiger charge is 2.11. The molecule has 0 N–H and O–H groups in total. The number of rotatable bonds is 22. The third kappa shape index (κ3) is 21.6. The monoisotopic (exact) mass is 426 g/mol. The van der Waals surface area contributed by atoms with Crippen molar-refractivity contribution in [3.05, 3.63) is 0 Å². The van der Waals surface area contributed by atoms with E-state index in [9.17, 15) is 9.59 Å². The Morgan fingerprint density at radius 3 is 1.63 bits per heavy atom. The number of esters is 2. The number of hydrogen-bond acceptors (Lipinski definition) is 4. The van der Waals surface area contributed by atoms with Gasteiger partial charge < -0.3 is 9.47 Å². The lowest BCUT2D eigenvalue weighted by molar-refractivity contribution is -0.147. The number of hydrogen-bond donors (Lipinski definition) is 0. The molecule has 0 heterocycles. The summed E-state index contributed by atoms with van der Waals surface area (Å²) in [6, 6.07) is 0. The van der Waals surface area contributed by atoms with Crippen LogP contribution in [0, 0.1) is 0 Å². The fraction of sp³-hybridized carbons (Fsp3) is 0.923. The molecule has 30 heavy (non-hydrogen) atoms. The van der Waals surface area contributed by atoms with E-state index in [4.69, 9.17) is 9.47 Å². The molecule has 0 fully saturated rings. The first-order valence-electron chi connectivity index (χ1n) is 12.9. The van der Waals surface area contributed by atoms with Crippen LogP contribution in [0.3, 0.4) is 0 Å². The van der Waals surface area contributed by atoms with Crippen LogP contribution in [-0.4, -0.2) is 24.6 Å². The first-order valence-corrected chi connectivity index (χ1v) is 12.9. The summed E-state index contributed by atoms with van der Waals surface area (Å²) in [5.74, 6) is -0.167. The second-order valence-electron chi connectivity index (χ2n) is 8.73. The Morgan fingerprint density at radius 1 is 0.633 bits per heavy atom. The van der Waals surface area contributed by atoms with Crippen LogP contribution in [0.4, 0.5) is 0 Å². The molecule has 0 amide bonds. The highest BCUT2D eigenvalue weighted by molar-refractivity contribution is 5.69. The van der Waals surface area contributed by atoms with E-state index < -0.39 is 0 Å². The molecule has 4 nitrogen and oxygen atoms in total. The molecular formula is C26H50O4. The normalized spacial score (nSPS) is 12.0. The number of carbonyl (C=O) groups excluding carboxylic acids is 2. The quantitative estimate of drug-likeness (QED) is 0.130. The summed E-state index contributed by atoms with van der Waals surface area (Å²) in [6.07, 6.45) is 21.6. The van der Waals surface area contributed by atoms with Crippen LogP contribution in [0.1, 0.15) is 143 Å². The van der Waals surface area contributed by atoms with Gasteiger partial charge in [-0.15, -0.1) is 0 Å². The number of carbonyl (C=O) groups is 2. The van der Waals surface area contributed by atoms with Gasteiger partial charge >= 0.3 is 11.9 Å². The molecule has 0 aromatic carbocycles. The fourth-order valence-corrected chi connectivity index (χ4v) is 3.78. The summed E-state index contributed by atoms with van der Waals surface area (Å²) in [6.45, 7) is 6.51. The molecule has 0 aromatic heterocycles. The maximum Gasteiger partial charge on any atom is 0.305 e. The summed E-state index contributed by atoms with van der Waals surface area (Å²) in [7, 11) is 0. The van der Waals surface area contributed by atoms with E-state index in [-0.39, 0.29) is 18.0 Å². The van der Waals surface area contributed by atoms with Crippen molar-refractivity contribution >= 4 is 11.9 Å². The standard InChI is InChI=1S/C26H50O4/c1-4-6-8-16-20-25(30-24(3)27)21-17-14-12-10-11-13-15-18-22-26(28)29-23-19-9-7-5-2/h25H,4-23H2,1-3H3. The molecule has 0 saturated heterocycles. The molecule has 0 aliphatic rings. The van der Waals surface area contributed by atoms with E-state index >= 15 is 0 Å². The third-order valence-corrected chi connectivity index (χ3v) is 5.63. The van der Waals surface area contributed by atoms with Gasteiger partial charge in [-0.3, -0.25) is 9.59 Å². The lowest BCUT2D eigenvalue weighted by Crippen LogP contribution is -2.16.